The summed E-state index contributed by atoms with van der Waals surface area (Å²) in [7, 11) is 1.35. The van der Waals surface area contributed by atoms with Crippen molar-refractivity contribution in [3.05, 3.63) is 39.2 Å². The number of hydrogen-bond acceptors (Lipinski definition) is 5. The number of rotatable bonds is 2. The number of imidazole rings is 1. The summed E-state index contributed by atoms with van der Waals surface area (Å²) in [5.74, 6) is 0.317. The Labute approximate surface area is 141 Å². The van der Waals surface area contributed by atoms with Crippen LogP contribution in [0.25, 0.3) is 21.7 Å². The molecule has 3 heterocycles. The van der Waals surface area contributed by atoms with E-state index in [-0.39, 0.29) is 0 Å². The lowest BCUT2D eigenvalue weighted by molar-refractivity contribution is 0.0603. The first-order valence-corrected chi connectivity index (χ1v) is 8.45. The molecule has 118 valence electrons. The number of nitrogens with one attached hydrogen (secondary N) is 2. The molecular formula is C16H14ClN3O2S. The van der Waals surface area contributed by atoms with Gasteiger partial charge < -0.3 is 15.0 Å². The molecule has 1 aromatic carbocycles. The quantitative estimate of drug-likeness (QED) is 0.697. The Kier molecular flexibility index (Phi) is 3.60. The van der Waals surface area contributed by atoms with Crippen molar-refractivity contribution < 1.29 is 9.53 Å². The minimum atomic E-state index is -0.440. The maximum atomic E-state index is 11.9. The molecule has 0 spiro atoms. The molecule has 7 heteroatoms. The largest absolute Gasteiger partial charge is 0.465 e. The Morgan fingerprint density at radius 2 is 2.26 bits per heavy atom. The average Bonchev–Trinajstić information content (AvgIpc) is 3.16. The third kappa shape index (κ3) is 2.52. The van der Waals surface area contributed by atoms with Crippen molar-refractivity contribution >= 4 is 39.9 Å². The molecule has 4 rings (SSSR count). The monoisotopic (exact) mass is 347 g/mol. The highest BCUT2D eigenvalue weighted by Gasteiger charge is 2.19. The number of fused-ring (bicyclic) bond motifs is 2. The van der Waals surface area contributed by atoms with Gasteiger partial charge in [-0.15, -0.1) is 11.3 Å². The summed E-state index contributed by atoms with van der Waals surface area (Å²) < 4.78 is 4.82. The maximum absolute atomic E-state index is 11.9. The van der Waals surface area contributed by atoms with Crippen molar-refractivity contribution in [2.75, 3.05) is 13.7 Å². The van der Waals surface area contributed by atoms with Gasteiger partial charge in [-0.3, -0.25) is 0 Å². The van der Waals surface area contributed by atoms with E-state index in [0.29, 0.717) is 16.1 Å². The molecule has 0 unspecified atom stereocenters. The zero-order valence-corrected chi connectivity index (χ0v) is 14.0. The molecule has 0 atom stereocenters. The van der Waals surface area contributed by atoms with E-state index in [4.69, 9.17) is 16.3 Å². The lowest BCUT2D eigenvalue weighted by Crippen LogP contribution is -2.21. The number of carbonyl (C=O) groups excluding carboxylic acids is 1. The normalized spacial score (nSPS) is 14.0. The lowest BCUT2D eigenvalue weighted by Gasteiger charge is -2.10. The van der Waals surface area contributed by atoms with Gasteiger partial charge in [0.25, 0.3) is 0 Å². The van der Waals surface area contributed by atoms with E-state index >= 15 is 0 Å². The molecule has 2 N–H and O–H groups in total. The standard InChI is InChI=1S/C16H14ClN3O2S/c1-22-16(21)10-5-9(17)6-11-14(10)20-15(19-11)12-4-8-2-3-18-7-13(8)23-12/h4-6,18H,2-3,7H2,1H3,(H,19,20). The van der Waals surface area contributed by atoms with Crippen LogP contribution in [0.15, 0.2) is 18.2 Å². The predicted octanol–water partition coefficient (Wildman–Crippen LogP) is 3.38. The van der Waals surface area contributed by atoms with Crippen LogP contribution in [0, 0.1) is 0 Å². The molecule has 2 aromatic heterocycles. The van der Waals surface area contributed by atoms with Crippen LogP contribution in [0.3, 0.4) is 0 Å². The number of benzene rings is 1. The number of halogens is 1. The number of esters is 1. The summed E-state index contributed by atoms with van der Waals surface area (Å²) in [6.45, 7) is 1.91. The minimum Gasteiger partial charge on any atom is -0.465 e. The molecule has 23 heavy (non-hydrogen) atoms. The number of H-pyrrole nitrogens is 1. The van der Waals surface area contributed by atoms with Gasteiger partial charge in [-0.1, -0.05) is 11.6 Å². The fourth-order valence-corrected chi connectivity index (χ4v) is 4.18. The first kappa shape index (κ1) is 14.7. The molecule has 3 aromatic rings. The fourth-order valence-electron chi connectivity index (χ4n) is 2.83. The van der Waals surface area contributed by atoms with Crippen LogP contribution >= 0.6 is 22.9 Å². The van der Waals surface area contributed by atoms with Crippen molar-refractivity contribution in [2.24, 2.45) is 0 Å². The van der Waals surface area contributed by atoms with E-state index in [1.54, 1.807) is 23.5 Å². The van der Waals surface area contributed by atoms with Gasteiger partial charge in [-0.25, -0.2) is 9.78 Å². The van der Waals surface area contributed by atoms with Gasteiger partial charge in [-0.2, -0.15) is 0 Å². The number of aromatic nitrogens is 2. The first-order valence-electron chi connectivity index (χ1n) is 7.26. The summed E-state index contributed by atoms with van der Waals surface area (Å²) >= 11 is 7.82. The topological polar surface area (TPSA) is 67.0 Å². The van der Waals surface area contributed by atoms with Crippen LogP contribution in [-0.4, -0.2) is 29.6 Å². The van der Waals surface area contributed by atoms with Crippen molar-refractivity contribution in [1.82, 2.24) is 15.3 Å². The van der Waals surface area contributed by atoms with E-state index < -0.39 is 5.97 Å². The maximum Gasteiger partial charge on any atom is 0.340 e. The highest BCUT2D eigenvalue weighted by molar-refractivity contribution is 7.15. The molecule has 0 saturated carbocycles. The fraction of sp³-hybridized carbons (Fsp3) is 0.250. The number of carbonyl (C=O) groups is 1. The van der Waals surface area contributed by atoms with E-state index in [9.17, 15) is 4.79 Å². The number of thiophene rings is 1. The van der Waals surface area contributed by atoms with E-state index in [1.807, 2.05) is 0 Å². The van der Waals surface area contributed by atoms with Crippen LogP contribution in [-0.2, 0) is 17.7 Å². The van der Waals surface area contributed by atoms with Gasteiger partial charge in [0.1, 0.15) is 11.3 Å². The summed E-state index contributed by atoms with van der Waals surface area (Å²) in [5, 5.41) is 3.85. The molecule has 0 amide bonds. The molecule has 0 saturated heterocycles. The van der Waals surface area contributed by atoms with Gasteiger partial charge in [0.2, 0.25) is 0 Å². The SMILES string of the molecule is COC(=O)c1cc(Cl)cc2[nH]c(-c3cc4c(s3)CNCC4)nc12. The van der Waals surface area contributed by atoms with Gasteiger partial charge in [0, 0.05) is 16.4 Å². The van der Waals surface area contributed by atoms with Crippen LogP contribution in [0.2, 0.25) is 5.02 Å². The predicted molar refractivity (Wildman–Crippen MR) is 91.2 cm³/mol. The molecule has 0 radical (unpaired) electrons. The lowest BCUT2D eigenvalue weighted by atomic mass is 10.1. The van der Waals surface area contributed by atoms with E-state index in [1.165, 1.54) is 17.6 Å². The van der Waals surface area contributed by atoms with Gasteiger partial charge in [-0.05, 0) is 36.7 Å². The molecular weight excluding hydrogens is 334 g/mol. The van der Waals surface area contributed by atoms with E-state index in [2.05, 4.69) is 21.4 Å². The Balaban J connectivity index is 1.85. The third-order valence-corrected chi connectivity index (χ3v) is 5.35. The second kappa shape index (κ2) is 5.63. The van der Waals surface area contributed by atoms with E-state index in [0.717, 1.165) is 35.7 Å². The smallest absolute Gasteiger partial charge is 0.340 e. The summed E-state index contributed by atoms with van der Waals surface area (Å²) in [6, 6.07) is 5.54. The van der Waals surface area contributed by atoms with Crippen molar-refractivity contribution in [1.29, 1.82) is 0 Å². The Morgan fingerprint density at radius 3 is 3.04 bits per heavy atom. The van der Waals surface area contributed by atoms with Crippen molar-refractivity contribution in [2.45, 2.75) is 13.0 Å². The first-order chi connectivity index (χ1) is 11.2. The van der Waals surface area contributed by atoms with Crippen LogP contribution in [0.5, 0.6) is 0 Å². The van der Waals surface area contributed by atoms with Crippen LogP contribution < -0.4 is 5.32 Å². The molecule has 0 bridgehead atoms. The molecule has 1 aliphatic heterocycles. The zero-order chi connectivity index (χ0) is 16.0. The third-order valence-electron chi connectivity index (χ3n) is 3.94. The van der Waals surface area contributed by atoms with Gasteiger partial charge >= 0.3 is 5.97 Å². The Bertz CT molecular complexity index is 892. The number of ether oxygens (including phenoxy) is 1. The highest BCUT2D eigenvalue weighted by Crippen LogP contribution is 2.34. The Hall–Kier alpha value is -1.89. The van der Waals surface area contributed by atoms with Gasteiger partial charge in [0.05, 0.1) is 23.1 Å². The number of nitrogens with zero attached hydrogens (tertiary/aromatic N) is 1. The second-order valence-corrected chi connectivity index (χ2v) is 6.99. The molecule has 5 nitrogen and oxygen atoms in total. The summed E-state index contributed by atoms with van der Waals surface area (Å²) in [6.07, 6.45) is 1.03. The van der Waals surface area contributed by atoms with Crippen LogP contribution in [0.1, 0.15) is 20.8 Å². The Morgan fingerprint density at radius 1 is 1.39 bits per heavy atom. The number of methoxy groups -OCH3 is 1. The van der Waals surface area contributed by atoms with Crippen molar-refractivity contribution in [3.8, 4) is 10.7 Å². The van der Waals surface area contributed by atoms with Gasteiger partial charge in [0.15, 0.2) is 0 Å². The highest BCUT2D eigenvalue weighted by atomic mass is 35.5. The number of aromatic amines is 1. The zero-order valence-electron chi connectivity index (χ0n) is 12.4. The summed E-state index contributed by atoms with van der Waals surface area (Å²) in [4.78, 5) is 22.2. The molecule has 1 aliphatic rings. The van der Waals surface area contributed by atoms with Crippen LogP contribution in [0.4, 0.5) is 0 Å². The summed E-state index contributed by atoms with van der Waals surface area (Å²) in [5.41, 5.74) is 3.06. The second-order valence-electron chi connectivity index (χ2n) is 5.41. The number of hydrogen-bond donors (Lipinski definition) is 2. The van der Waals surface area contributed by atoms with Crippen molar-refractivity contribution in [3.63, 3.8) is 0 Å². The minimum absolute atomic E-state index is 0.375. The average molecular weight is 348 g/mol. The molecule has 0 fully saturated rings. The molecule has 0 aliphatic carbocycles.